The molecular formula is C21H14ClN5O3. The maximum absolute atomic E-state index is 12.6. The average Bonchev–Trinajstić information content (AvgIpc) is 3.19. The molecule has 0 bridgehead atoms. The Morgan fingerprint density at radius 1 is 1.10 bits per heavy atom. The van der Waals surface area contributed by atoms with Crippen LogP contribution in [0.5, 0.6) is 0 Å². The summed E-state index contributed by atoms with van der Waals surface area (Å²) < 4.78 is 8.61. The second-order valence-electron chi connectivity index (χ2n) is 6.75. The van der Waals surface area contributed by atoms with Crippen LogP contribution in [0.1, 0.15) is 16.2 Å². The lowest BCUT2D eigenvalue weighted by atomic mass is 10.1. The molecule has 0 spiro atoms. The van der Waals surface area contributed by atoms with Crippen LogP contribution in [-0.4, -0.2) is 30.1 Å². The number of aromatic nitrogens is 5. The number of pyridine rings is 1. The zero-order valence-corrected chi connectivity index (χ0v) is 16.5. The van der Waals surface area contributed by atoms with Crippen molar-refractivity contribution in [3.63, 3.8) is 0 Å². The van der Waals surface area contributed by atoms with E-state index in [1.54, 1.807) is 60.0 Å². The van der Waals surface area contributed by atoms with Crippen molar-refractivity contribution in [2.24, 2.45) is 7.05 Å². The first-order chi connectivity index (χ1) is 14.5. The number of fused-ring (bicyclic) bond motifs is 4. The van der Waals surface area contributed by atoms with Gasteiger partial charge < -0.3 is 4.74 Å². The molecule has 148 valence electrons. The highest BCUT2D eigenvalue weighted by Crippen LogP contribution is 2.19. The molecule has 3 aromatic heterocycles. The van der Waals surface area contributed by atoms with E-state index in [9.17, 15) is 9.59 Å². The van der Waals surface area contributed by atoms with Crippen LogP contribution in [-0.2, 0) is 18.4 Å². The van der Waals surface area contributed by atoms with E-state index in [1.165, 1.54) is 4.57 Å². The monoisotopic (exact) mass is 419 g/mol. The third-order valence-corrected chi connectivity index (χ3v) is 5.13. The molecule has 5 aromatic rings. The number of aryl methyl sites for hydroxylation is 1. The molecular weight excluding hydrogens is 406 g/mol. The summed E-state index contributed by atoms with van der Waals surface area (Å²) >= 11 is 5.90. The summed E-state index contributed by atoms with van der Waals surface area (Å²) in [5.74, 6) is 0.288. The molecule has 0 N–H and O–H groups in total. The van der Waals surface area contributed by atoms with Gasteiger partial charge >= 0.3 is 5.97 Å². The van der Waals surface area contributed by atoms with E-state index in [2.05, 4.69) is 15.2 Å². The van der Waals surface area contributed by atoms with E-state index in [0.717, 1.165) is 5.39 Å². The Morgan fingerprint density at radius 3 is 2.80 bits per heavy atom. The van der Waals surface area contributed by atoms with Crippen molar-refractivity contribution in [2.75, 3.05) is 0 Å². The lowest BCUT2D eigenvalue weighted by molar-refractivity contribution is 0.0461. The Hall–Kier alpha value is -3.78. The Bertz CT molecular complexity index is 1520. The number of carbonyl (C=O) groups excluding carboxylic acids is 1. The van der Waals surface area contributed by atoms with E-state index in [4.69, 9.17) is 16.3 Å². The van der Waals surface area contributed by atoms with Gasteiger partial charge in [-0.2, -0.15) is 0 Å². The topological polar surface area (TPSA) is 91.4 Å². The van der Waals surface area contributed by atoms with Gasteiger partial charge in [0.1, 0.15) is 5.15 Å². The molecule has 0 atom stereocenters. The summed E-state index contributed by atoms with van der Waals surface area (Å²) in [4.78, 5) is 29.3. The van der Waals surface area contributed by atoms with Gasteiger partial charge in [-0.05, 0) is 42.5 Å². The van der Waals surface area contributed by atoms with Crippen molar-refractivity contribution < 1.29 is 9.53 Å². The van der Waals surface area contributed by atoms with E-state index < -0.39 is 5.97 Å². The van der Waals surface area contributed by atoms with Gasteiger partial charge in [-0.3, -0.25) is 13.8 Å². The molecule has 0 amide bonds. The van der Waals surface area contributed by atoms with Crippen LogP contribution in [0.2, 0.25) is 5.15 Å². The first kappa shape index (κ1) is 18.3. The molecule has 0 saturated heterocycles. The molecule has 0 aliphatic rings. The molecule has 0 radical (unpaired) electrons. The predicted molar refractivity (Wildman–Crippen MR) is 112 cm³/mol. The number of para-hydroxylation sites is 1. The second-order valence-corrected chi connectivity index (χ2v) is 7.14. The quantitative estimate of drug-likeness (QED) is 0.329. The first-order valence-electron chi connectivity index (χ1n) is 9.08. The van der Waals surface area contributed by atoms with Crippen LogP contribution < -0.4 is 5.56 Å². The highest BCUT2D eigenvalue weighted by molar-refractivity contribution is 6.29. The van der Waals surface area contributed by atoms with E-state index in [1.807, 2.05) is 6.07 Å². The number of hydrogen-bond donors (Lipinski definition) is 0. The van der Waals surface area contributed by atoms with Gasteiger partial charge in [-0.15, -0.1) is 10.2 Å². The number of esters is 1. The van der Waals surface area contributed by atoms with Gasteiger partial charge in [0.2, 0.25) is 5.78 Å². The summed E-state index contributed by atoms with van der Waals surface area (Å²) in [5, 5.41) is 9.91. The van der Waals surface area contributed by atoms with Crippen LogP contribution in [0.15, 0.2) is 59.4 Å². The van der Waals surface area contributed by atoms with Crippen molar-refractivity contribution in [1.29, 1.82) is 0 Å². The minimum Gasteiger partial charge on any atom is -0.454 e. The number of carbonyl (C=O) groups is 1. The normalized spacial score (nSPS) is 11.4. The van der Waals surface area contributed by atoms with Gasteiger partial charge in [0, 0.05) is 12.4 Å². The van der Waals surface area contributed by atoms with Crippen LogP contribution in [0.25, 0.3) is 27.6 Å². The van der Waals surface area contributed by atoms with Gasteiger partial charge in [0.25, 0.3) is 5.56 Å². The van der Waals surface area contributed by atoms with Crippen molar-refractivity contribution in [1.82, 2.24) is 24.1 Å². The number of hydrogen-bond acceptors (Lipinski definition) is 6. The Labute approximate surface area is 174 Å². The standard InChI is InChI=1S/C21H14ClN5O3/c1-26-19(28)14-4-2-3-5-16(14)27-18(24-25-21(26)27)11-30-20(29)13-6-8-15-12(10-13)7-9-17(22)23-15/h2-10H,11H2,1H3. The predicted octanol–water partition coefficient (Wildman–Crippen LogP) is 3.14. The average molecular weight is 420 g/mol. The Balaban J connectivity index is 1.49. The maximum Gasteiger partial charge on any atom is 0.338 e. The van der Waals surface area contributed by atoms with Crippen molar-refractivity contribution in [3.8, 4) is 0 Å². The number of halogens is 1. The summed E-state index contributed by atoms with van der Waals surface area (Å²) in [6, 6.07) is 15.7. The van der Waals surface area contributed by atoms with Gasteiger partial charge in [-0.25, -0.2) is 9.78 Å². The fourth-order valence-electron chi connectivity index (χ4n) is 3.43. The number of ether oxygens (including phenoxy) is 1. The molecule has 8 nitrogen and oxygen atoms in total. The first-order valence-corrected chi connectivity index (χ1v) is 9.46. The van der Waals surface area contributed by atoms with Gasteiger partial charge in [0.15, 0.2) is 12.4 Å². The molecule has 5 rings (SSSR count). The van der Waals surface area contributed by atoms with E-state index in [0.29, 0.717) is 38.7 Å². The molecule has 30 heavy (non-hydrogen) atoms. The van der Waals surface area contributed by atoms with Crippen molar-refractivity contribution in [3.05, 3.63) is 81.5 Å². The summed E-state index contributed by atoms with van der Waals surface area (Å²) in [5.41, 5.74) is 1.56. The Morgan fingerprint density at radius 2 is 1.93 bits per heavy atom. The molecule has 0 fully saturated rings. The maximum atomic E-state index is 12.6. The molecule has 0 unspecified atom stereocenters. The fraction of sp³-hybridized carbons (Fsp3) is 0.0952. The zero-order valence-electron chi connectivity index (χ0n) is 15.7. The Kier molecular flexibility index (Phi) is 4.22. The number of nitrogens with zero attached hydrogens (tertiary/aromatic N) is 5. The summed E-state index contributed by atoms with van der Waals surface area (Å²) in [7, 11) is 1.63. The SMILES string of the molecule is Cn1c(=O)c2ccccc2n2c(COC(=O)c3ccc4nc(Cl)ccc4c3)nnc12. The van der Waals surface area contributed by atoms with Crippen LogP contribution in [0.4, 0.5) is 0 Å². The van der Waals surface area contributed by atoms with Crippen LogP contribution in [0.3, 0.4) is 0 Å². The van der Waals surface area contributed by atoms with Crippen molar-refractivity contribution in [2.45, 2.75) is 6.61 Å². The van der Waals surface area contributed by atoms with Crippen LogP contribution >= 0.6 is 11.6 Å². The summed E-state index contributed by atoms with van der Waals surface area (Å²) in [6.45, 7) is -0.0981. The van der Waals surface area contributed by atoms with Gasteiger partial charge in [-0.1, -0.05) is 23.7 Å². The highest BCUT2D eigenvalue weighted by atomic mass is 35.5. The lowest BCUT2D eigenvalue weighted by Gasteiger charge is -2.08. The second kappa shape index (κ2) is 6.93. The van der Waals surface area contributed by atoms with E-state index >= 15 is 0 Å². The molecule has 3 heterocycles. The number of rotatable bonds is 3. The highest BCUT2D eigenvalue weighted by Gasteiger charge is 2.16. The van der Waals surface area contributed by atoms with Crippen LogP contribution in [0, 0.1) is 0 Å². The fourth-order valence-corrected chi connectivity index (χ4v) is 3.58. The molecule has 0 aliphatic heterocycles. The third-order valence-electron chi connectivity index (χ3n) is 4.92. The smallest absolute Gasteiger partial charge is 0.338 e. The molecule has 9 heteroatoms. The van der Waals surface area contributed by atoms with E-state index in [-0.39, 0.29) is 12.2 Å². The third kappa shape index (κ3) is 2.89. The number of benzene rings is 2. The largest absolute Gasteiger partial charge is 0.454 e. The molecule has 0 aliphatic carbocycles. The van der Waals surface area contributed by atoms with Crippen molar-refractivity contribution >= 4 is 45.2 Å². The van der Waals surface area contributed by atoms with Gasteiger partial charge in [0.05, 0.1) is 22.0 Å². The minimum absolute atomic E-state index is 0.0981. The minimum atomic E-state index is -0.502. The summed E-state index contributed by atoms with van der Waals surface area (Å²) in [6.07, 6.45) is 0. The molecule has 2 aromatic carbocycles. The zero-order chi connectivity index (χ0) is 20.8. The lowest BCUT2D eigenvalue weighted by Crippen LogP contribution is -2.20. The molecule has 0 saturated carbocycles.